The third kappa shape index (κ3) is 7.12. The van der Waals surface area contributed by atoms with Gasteiger partial charge in [0.05, 0.1) is 6.04 Å². The number of benzene rings is 1. The number of hydrogen-bond acceptors (Lipinski definition) is 4. The van der Waals surface area contributed by atoms with Gasteiger partial charge in [0, 0.05) is 19.1 Å². The molecule has 1 saturated heterocycles. The Morgan fingerprint density at radius 1 is 1.43 bits per heavy atom. The second-order valence-corrected chi connectivity index (χ2v) is 6.94. The molecule has 6 heteroatoms. The van der Waals surface area contributed by atoms with Gasteiger partial charge < -0.3 is 11.1 Å². The van der Waals surface area contributed by atoms with Gasteiger partial charge in [0.25, 0.3) is 0 Å². The van der Waals surface area contributed by atoms with Crippen LogP contribution in [-0.2, 0) is 11.3 Å². The molecule has 1 heterocycles. The molecule has 3 N–H and O–H groups in total. The summed E-state index contributed by atoms with van der Waals surface area (Å²) in [6.07, 6.45) is 4.95. The number of nitrogens with two attached hydrogens (primary N) is 1. The molecule has 0 aromatic heterocycles. The van der Waals surface area contributed by atoms with Gasteiger partial charge in [-0.15, -0.1) is 12.4 Å². The lowest BCUT2D eigenvalue weighted by atomic mass is 10.0. The number of halogens is 1. The monoisotopic (exact) mass is 357 g/mol. The number of likely N-dealkylation sites (tertiary alicyclic amines) is 1. The standard InChI is InChI=1S/C17H27N3OS.ClH/c1-22-11-9-16(18)17(21)19-15-8-5-10-20(13-15)12-14-6-3-2-4-7-14;/h2-4,6-7,15-16H,5,8-13,18H2,1H3,(H,19,21);1H/t15?,16-;/m0./s1. The lowest BCUT2D eigenvalue weighted by molar-refractivity contribution is -0.123. The van der Waals surface area contributed by atoms with Crippen LogP contribution in [-0.4, -0.2) is 48.0 Å². The van der Waals surface area contributed by atoms with Crippen LogP contribution in [0.3, 0.4) is 0 Å². The van der Waals surface area contributed by atoms with Crippen molar-refractivity contribution >= 4 is 30.1 Å². The first-order valence-corrected chi connectivity index (χ1v) is 9.39. The second-order valence-electron chi connectivity index (χ2n) is 5.96. The molecular formula is C17H28ClN3OS. The summed E-state index contributed by atoms with van der Waals surface area (Å²) in [5, 5.41) is 3.13. The summed E-state index contributed by atoms with van der Waals surface area (Å²) < 4.78 is 0. The topological polar surface area (TPSA) is 58.4 Å². The molecule has 1 aromatic carbocycles. The quantitative estimate of drug-likeness (QED) is 0.786. The van der Waals surface area contributed by atoms with Gasteiger partial charge in [0.1, 0.15) is 0 Å². The molecule has 1 unspecified atom stereocenters. The Morgan fingerprint density at radius 3 is 2.87 bits per heavy atom. The molecule has 1 fully saturated rings. The molecule has 1 aromatic rings. The average Bonchev–Trinajstić information content (AvgIpc) is 2.54. The second kappa shape index (κ2) is 10.9. The smallest absolute Gasteiger partial charge is 0.237 e. The molecule has 0 spiro atoms. The van der Waals surface area contributed by atoms with Crippen LogP contribution in [0.25, 0.3) is 0 Å². The Kier molecular flexibility index (Phi) is 9.63. The van der Waals surface area contributed by atoms with Crippen molar-refractivity contribution in [1.29, 1.82) is 0 Å². The fourth-order valence-electron chi connectivity index (χ4n) is 2.84. The minimum absolute atomic E-state index is 0. The van der Waals surface area contributed by atoms with E-state index in [1.807, 2.05) is 12.3 Å². The third-order valence-electron chi connectivity index (χ3n) is 4.07. The maximum Gasteiger partial charge on any atom is 0.237 e. The Labute approximate surface area is 150 Å². The molecule has 0 bridgehead atoms. The fourth-order valence-corrected chi connectivity index (χ4v) is 3.33. The lowest BCUT2D eigenvalue weighted by Gasteiger charge is -2.33. The zero-order valence-electron chi connectivity index (χ0n) is 13.7. The van der Waals surface area contributed by atoms with Crippen molar-refractivity contribution in [3.63, 3.8) is 0 Å². The number of thioether (sulfide) groups is 1. The number of hydrogen-bond donors (Lipinski definition) is 2. The fraction of sp³-hybridized carbons (Fsp3) is 0.588. The van der Waals surface area contributed by atoms with E-state index in [0.29, 0.717) is 0 Å². The van der Waals surface area contributed by atoms with E-state index in [0.717, 1.165) is 44.6 Å². The summed E-state index contributed by atoms with van der Waals surface area (Å²) in [6.45, 7) is 2.96. The molecule has 0 aliphatic carbocycles. The van der Waals surface area contributed by atoms with Crippen LogP contribution in [0.15, 0.2) is 30.3 Å². The van der Waals surface area contributed by atoms with Crippen molar-refractivity contribution in [1.82, 2.24) is 10.2 Å². The first kappa shape index (κ1) is 20.3. The summed E-state index contributed by atoms with van der Waals surface area (Å²) >= 11 is 1.73. The minimum atomic E-state index is -0.378. The number of nitrogens with one attached hydrogen (secondary N) is 1. The van der Waals surface area contributed by atoms with E-state index in [1.165, 1.54) is 5.56 Å². The Balaban J connectivity index is 0.00000264. The van der Waals surface area contributed by atoms with Crippen LogP contribution < -0.4 is 11.1 Å². The van der Waals surface area contributed by atoms with Crippen LogP contribution in [0.1, 0.15) is 24.8 Å². The summed E-state index contributed by atoms with van der Waals surface area (Å²) in [7, 11) is 0. The van der Waals surface area contributed by atoms with Crippen molar-refractivity contribution < 1.29 is 4.79 Å². The van der Waals surface area contributed by atoms with E-state index in [1.54, 1.807) is 11.8 Å². The van der Waals surface area contributed by atoms with Crippen LogP contribution in [0.5, 0.6) is 0 Å². The molecule has 4 nitrogen and oxygen atoms in total. The summed E-state index contributed by atoms with van der Waals surface area (Å²) in [4.78, 5) is 14.5. The zero-order chi connectivity index (χ0) is 15.8. The number of carbonyl (C=O) groups is 1. The van der Waals surface area contributed by atoms with Gasteiger partial charge in [-0.1, -0.05) is 30.3 Å². The molecule has 23 heavy (non-hydrogen) atoms. The van der Waals surface area contributed by atoms with E-state index in [2.05, 4.69) is 34.5 Å². The van der Waals surface area contributed by atoms with Crippen LogP contribution in [0.2, 0.25) is 0 Å². The van der Waals surface area contributed by atoms with E-state index >= 15 is 0 Å². The van der Waals surface area contributed by atoms with Gasteiger partial charge in [-0.3, -0.25) is 9.69 Å². The highest BCUT2D eigenvalue weighted by Crippen LogP contribution is 2.14. The predicted molar refractivity (Wildman–Crippen MR) is 101 cm³/mol. The van der Waals surface area contributed by atoms with Gasteiger partial charge in [0.15, 0.2) is 0 Å². The van der Waals surface area contributed by atoms with Gasteiger partial charge in [-0.2, -0.15) is 11.8 Å². The van der Waals surface area contributed by atoms with Gasteiger partial charge >= 0.3 is 0 Å². The van der Waals surface area contributed by atoms with E-state index in [-0.39, 0.29) is 30.4 Å². The van der Waals surface area contributed by atoms with Crippen LogP contribution in [0.4, 0.5) is 0 Å². The third-order valence-corrected chi connectivity index (χ3v) is 4.71. The first-order chi connectivity index (χ1) is 10.7. The van der Waals surface area contributed by atoms with Gasteiger partial charge in [0.2, 0.25) is 5.91 Å². The number of amides is 1. The highest BCUT2D eigenvalue weighted by atomic mass is 35.5. The Hall–Kier alpha value is -0.750. The molecule has 1 aliphatic rings. The molecule has 130 valence electrons. The molecular weight excluding hydrogens is 330 g/mol. The first-order valence-electron chi connectivity index (χ1n) is 8.00. The van der Waals surface area contributed by atoms with E-state index in [4.69, 9.17) is 5.73 Å². The van der Waals surface area contributed by atoms with E-state index in [9.17, 15) is 4.79 Å². The highest BCUT2D eigenvalue weighted by Gasteiger charge is 2.23. The number of piperidine rings is 1. The summed E-state index contributed by atoms with van der Waals surface area (Å²) in [5.74, 6) is 0.931. The number of nitrogens with zero attached hydrogens (tertiary/aromatic N) is 1. The van der Waals surface area contributed by atoms with Crippen molar-refractivity contribution in [2.24, 2.45) is 5.73 Å². The van der Waals surface area contributed by atoms with Gasteiger partial charge in [-0.25, -0.2) is 0 Å². The maximum absolute atomic E-state index is 12.1. The van der Waals surface area contributed by atoms with Crippen LogP contribution in [0, 0.1) is 0 Å². The maximum atomic E-state index is 12.1. The van der Waals surface area contributed by atoms with Gasteiger partial charge in [-0.05, 0) is 43.4 Å². The predicted octanol–water partition coefficient (Wildman–Crippen LogP) is 2.27. The average molecular weight is 358 g/mol. The SMILES string of the molecule is CSCC[C@H](N)C(=O)NC1CCCN(Cc2ccccc2)C1.Cl. The largest absolute Gasteiger partial charge is 0.351 e. The number of carbonyl (C=O) groups excluding carboxylic acids is 1. The molecule has 2 rings (SSSR count). The Morgan fingerprint density at radius 2 is 2.17 bits per heavy atom. The Bertz CT molecular complexity index is 460. The molecule has 0 radical (unpaired) electrons. The van der Waals surface area contributed by atoms with E-state index < -0.39 is 0 Å². The molecule has 1 aliphatic heterocycles. The molecule has 0 saturated carbocycles. The highest BCUT2D eigenvalue weighted by molar-refractivity contribution is 7.98. The summed E-state index contributed by atoms with van der Waals surface area (Å²) in [5.41, 5.74) is 7.26. The molecule has 1 amide bonds. The van der Waals surface area contributed by atoms with Crippen molar-refractivity contribution in [2.75, 3.05) is 25.1 Å². The lowest BCUT2D eigenvalue weighted by Crippen LogP contribution is -2.51. The zero-order valence-corrected chi connectivity index (χ0v) is 15.4. The summed E-state index contributed by atoms with van der Waals surface area (Å²) in [6, 6.07) is 10.3. The normalized spacial score (nSPS) is 19.7. The molecule has 2 atom stereocenters. The van der Waals surface area contributed by atoms with Crippen molar-refractivity contribution in [2.45, 2.75) is 37.9 Å². The number of rotatable bonds is 7. The van der Waals surface area contributed by atoms with Crippen LogP contribution >= 0.6 is 24.2 Å². The van der Waals surface area contributed by atoms with Crippen molar-refractivity contribution in [3.05, 3.63) is 35.9 Å². The minimum Gasteiger partial charge on any atom is -0.351 e. The van der Waals surface area contributed by atoms with Crippen molar-refractivity contribution in [3.8, 4) is 0 Å².